The van der Waals surface area contributed by atoms with Gasteiger partial charge in [-0.3, -0.25) is 14.6 Å². The predicted octanol–water partition coefficient (Wildman–Crippen LogP) is 5.03. The summed E-state index contributed by atoms with van der Waals surface area (Å²) in [5.41, 5.74) is 1.80. The molecular formula is C28H27F2N3O3. The number of carbonyl (C=O) groups is 2. The molecule has 2 amide bonds. The third-order valence-corrected chi connectivity index (χ3v) is 6.12. The van der Waals surface area contributed by atoms with E-state index in [9.17, 15) is 18.4 Å². The van der Waals surface area contributed by atoms with E-state index in [0.717, 1.165) is 0 Å². The van der Waals surface area contributed by atoms with Crippen molar-refractivity contribution >= 4 is 17.9 Å². The fraction of sp³-hybridized carbons (Fsp3) is 0.250. The molecule has 1 fully saturated rings. The van der Waals surface area contributed by atoms with Gasteiger partial charge in [-0.1, -0.05) is 18.2 Å². The second kappa shape index (κ2) is 11.6. The number of pyridine rings is 1. The van der Waals surface area contributed by atoms with Gasteiger partial charge < -0.3 is 15.0 Å². The number of ether oxygens (including phenoxy) is 1. The van der Waals surface area contributed by atoms with Gasteiger partial charge in [0.05, 0.1) is 6.20 Å². The maximum Gasteiger partial charge on any atom is 0.246 e. The minimum Gasteiger partial charge on any atom is -0.453 e. The minimum atomic E-state index is -0.548. The Morgan fingerprint density at radius 3 is 2.61 bits per heavy atom. The average molecular weight is 492 g/mol. The Bertz CT molecular complexity index is 1260. The van der Waals surface area contributed by atoms with E-state index in [2.05, 4.69) is 10.3 Å². The van der Waals surface area contributed by atoms with Gasteiger partial charge in [0.1, 0.15) is 11.6 Å². The van der Waals surface area contributed by atoms with Crippen LogP contribution in [-0.2, 0) is 16.1 Å². The van der Waals surface area contributed by atoms with E-state index < -0.39 is 5.82 Å². The fourth-order valence-electron chi connectivity index (χ4n) is 3.95. The molecule has 0 aliphatic carbocycles. The number of halogens is 2. The van der Waals surface area contributed by atoms with Gasteiger partial charge in [-0.15, -0.1) is 0 Å². The molecule has 0 radical (unpaired) electrons. The molecule has 1 aromatic heterocycles. The van der Waals surface area contributed by atoms with Gasteiger partial charge in [-0.25, -0.2) is 8.78 Å². The predicted molar refractivity (Wildman–Crippen MR) is 132 cm³/mol. The second-order valence-corrected chi connectivity index (χ2v) is 8.71. The van der Waals surface area contributed by atoms with Crippen molar-refractivity contribution in [2.75, 3.05) is 13.1 Å². The lowest BCUT2D eigenvalue weighted by molar-refractivity contribution is -0.132. The van der Waals surface area contributed by atoms with Crippen LogP contribution in [0.25, 0.3) is 6.08 Å². The molecule has 186 valence electrons. The van der Waals surface area contributed by atoms with Crippen LogP contribution in [0.1, 0.15) is 29.5 Å². The number of benzene rings is 2. The number of nitrogens with zero attached hydrogens (tertiary/aromatic N) is 2. The van der Waals surface area contributed by atoms with Crippen molar-refractivity contribution in [3.63, 3.8) is 0 Å². The lowest BCUT2D eigenvalue weighted by atomic mass is 9.95. The van der Waals surface area contributed by atoms with Crippen molar-refractivity contribution in [3.8, 4) is 11.5 Å². The third-order valence-electron chi connectivity index (χ3n) is 6.12. The van der Waals surface area contributed by atoms with E-state index >= 15 is 0 Å². The Morgan fingerprint density at radius 1 is 1.11 bits per heavy atom. The van der Waals surface area contributed by atoms with Gasteiger partial charge in [0, 0.05) is 37.8 Å². The summed E-state index contributed by atoms with van der Waals surface area (Å²) in [7, 11) is 0. The SMILES string of the molecule is Cc1ccc(CNC(=O)C2CCN(C(=O)/C=C/c3ccc(Oc4cccnc4)c(F)c3)CC2)cc1F. The van der Waals surface area contributed by atoms with Gasteiger partial charge in [0.15, 0.2) is 11.6 Å². The monoisotopic (exact) mass is 491 g/mol. The van der Waals surface area contributed by atoms with Gasteiger partial charge in [-0.2, -0.15) is 0 Å². The maximum absolute atomic E-state index is 14.4. The molecule has 1 saturated heterocycles. The van der Waals surface area contributed by atoms with Crippen LogP contribution < -0.4 is 10.1 Å². The molecule has 2 aromatic carbocycles. The Balaban J connectivity index is 1.25. The molecule has 6 nitrogen and oxygen atoms in total. The Hall–Kier alpha value is -4.07. The first-order valence-electron chi connectivity index (χ1n) is 11.8. The second-order valence-electron chi connectivity index (χ2n) is 8.71. The third kappa shape index (κ3) is 6.53. The molecule has 1 aliphatic rings. The van der Waals surface area contributed by atoms with Crippen molar-refractivity contribution in [2.45, 2.75) is 26.3 Å². The van der Waals surface area contributed by atoms with Crippen molar-refractivity contribution in [1.82, 2.24) is 15.2 Å². The molecule has 1 aliphatic heterocycles. The highest BCUT2D eigenvalue weighted by Crippen LogP contribution is 2.25. The number of piperidine rings is 1. The van der Waals surface area contributed by atoms with Crippen LogP contribution in [0, 0.1) is 24.5 Å². The molecule has 0 atom stereocenters. The van der Waals surface area contributed by atoms with E-state index in [1.807, 2.05) is 0 Å². The van der Waals surface area contributed by atoms with Crippen LogP contribution in [0.15, 0.2) is 67.0 Å². The number of rotatable bonds is 7. The van der Waals surface area contributed by atoms with Crippen molar-refractivity contribution in [2.24, 2.45) is 5.92 Å². The molecule has 0 bridgehead atoms. The molecule has 2 heterocycles. The highest BCUT2D eigenvalue weighted by molar-refractivity contribution is 5.92. The van der Waals surface area contributed by atoms with Gasteiger partial charge in [-0.05, 0) is 72.9 Å². The lowest BCUT2D eigenvalue weighted by Gasteiger charge is -2.30. The Labute approximate surface area is 208 Å². The number of aryl methyl sites for hydroxylation is 1. The first kappa shape index (κ1) is 25.0. The zero-order valence-corrected chi connectivity index (χ0v) is 19.9. The number of nitrogens with one attached hydrogen (secondary N) is 1. The molecular weight excluding hydrogens is 464 g/mol. The summed E-state index contributed by atoms with van der Waals surface area (Å²) in [4.78, 5) is 30.7. The first-order chi connectivity index (χ1) is 17.4. The zero-order valence-electron chi connectivity index (χ0n) is 19.9. The van der Waals surface area contributed by atoms with Crippen molar-refractivity contribution in [1.29, 1.82) is 0 Å². The summed E-state index contributed by atoms with van der Waals surface area (Å²) in [5, 5.41) is 2.86. The Morgan fingerprint density at radius 2 is 1.92 bits per heavy atom. The van der Waals surface area contributed by atoms with E-state index in [1.165, 1.54) is 30.5 Å². The number of aromatic nitrogens is 1. The number of likely N-dealkylation sites (tertiary alicyclic amines) is 1. The van der Waals surface area contributed by atoms with Crippen molar-refractivity contribution < 1.29 is 23.1 Å². The quantitative estimate of drug-likeness (QED) is 0.471. The zero-order chi connectivity index (χ0) is 25.5. The topological polar surface area (TPSA) is 71.5 Å². The smallest absolute Gasteiger partial charge is 0.246 e. The summed E-state index contributed by atoms with van der Waals surface area (Å²) in [5.74, 6) is -0.833. The minimum absolute atomic E-state index is 0.0688. The number of hydrogen-bond donors (Lipinski definition) is 1. The van der Waals surface area contributed by atoms with Gasteiger partial charge in [0.2, 0.25) is 11.8 Å². The lowest BCUT2D eigenvalue weighted by Crippen LogP contribution is -2.42. The number of carbonyl (C=O) groups excluding carboxylic acids is 2. The van der Waals surface area contributed by atoms with Crippen molar-refractivity contribution in [3.05, 3.63) is 95.3 Å². The van der Waals surface area contributed by atoms with E-state index in [-0.39, 0.29) is 35.8 Å². The molecule has 0 unspecified atom stereocenters. The molecule has 0 saturated carbocycles. The normalized spacial score (nSPS) is 14.1. The van der Waals surface area contributed by atoms with Gasteiger partial charge in [0.25, 0.3) is 0 Å². The summed E-state index contributed by atoms with van der Waals surface area (Å²) in [6.45, 7) is 2.86. The van der Waals surface area contributed by atoms with Crippen LogP contribution >= 0.6 is 0 Å². The summed E-state index contributed by atoms with van der Waals surface area (Å²) in [6.07, 6.45) is 7.14. The fourth-order valence-corrected chi connectivity index (χ4v) is 3.95. The molecule has 4 rings (SSSR count). The number of amides is 2. The van der Waals surface area contributed by atoms with Crippen LogP contribution in [0.4, 0.5) is 8.78 Å². The highest BCUT2D eigenvalue weighted by Gasteiger charge is 2.26. The summed E-state index contributed by atoms with van der Waals surface area (Å²) < 4.78 is 33.6. The molecule has 1 N–H and O–H groups in total. The Kier molecular flexibility index (Phi) is 8.05. The molecule has 3 aromatic rings. The summed E-state index contributed by atoms with van der Waals surface area (Å²) in [6, 6.07) is 12.7. The molecule has 36 heavy (non-hydrogen) atoms. The first-order valence-corrected chi connectivity index (χ1v) is 11.8. The van der Waals surface area contributed by atoms with Crippen LogP contribution in [0.3, 0.4) is 0 Å². The average Bonchev–Trinajstić information content (AvgIpc) is 2.90. The largest absolute Gasteiger partial charge is 0.453 e. The standard InChI is InChI=1S/C28H27F2N3O3/c1-19-4-5-21(16-24(19)29)17-32-28(35)22-10-13-33(14-11-22)27(34)9-7-20-6-8-26(25(30)15-20)36-23-3-2-12-31-18-23/h2-9,12,15-16,18,22H,10-11,13-14,17H2,1H3,(H,32,35)/b9-7+. The van der Waals surface area contributed by atoms with Crippen LogP contribution in [0.2, 0.25) is 0 Å². The van der Waals surface area contributed by atoms with E-state index in [1.54, 1.807) is 54.4 Å². The van der Waals surface area contributed by atoms with Crippen LogP contribution in [0.5, 0.6) is 11.5 Å². The summed E-state index contributed by atoms with van der Waals surface area (Å²) >= 11 is 0. The van der Waals surface area contributed by atoms with Crippen LogP contribution in [-0.4, -0.2) is 34.8 Å². The molecule has 0 spiro atoms. The van der Waals surface area contributed by atoms with E-state index in [0.29, 0.717) is 48.4 Å². The van der Waals surface area contributed by atoms with Gasteiger partial charge >= 0.3 is 0 Å². The highest BCUT2D eigenvalue weighted by atomic mass is 19.1. The number of hydrogen-bond acceptors (Lipinski definition) is 4. The van der Waals surface area contributed by atoms with E-state index in [4.69, 9.17) is 4.74 Å². The molecule has 8 heteroatoms. The maximum atomic E-state index is 14.4.